The fourth-order valence-electron chi connectivity index (χ4n) is 5.03. The fourth-order valence-corrected chi connectivity index (χ4v) is 14.6. The van der Waals surface area contributed by atoms with Gasteiger partial charge in [0.05, 0.1) is 47.3 Å². The van der Waals surface area contributed by atoms with Crippen LogP contribution in [0.15, 0.2) is 48.5 Å². The summed E-state index contributed by atoms with van der Waals surface area (Å²) >= 11 is 31.4. The van der Waals surface area contributed by atoms with Crippen LogP contribution in [0.1, 0.15) is 41.4 Å². The number of hydrogen-bond donors (Lipinski definition) is 5. The predicted octanol–water partition coefficient (Wildman–Crippen LogP) is 11.3. The van der Waals surface area contributed by atoms with E-state index in [-0.39, 0.29) is 46.2 Å². The van der Waals surface area contributed by atoms with Crippen molar-refractivity contribution >= 4 is 306 Å². The molecule has 4 aromatic rings. The number of aliphatic hydroxyl groups excluding tert-OH is 3. The molecule has 356 valence electrons. The Morgan fingerprint density at radius 1 is 0.477 bits per heavy atom. The summed E-state index contributed by atoms with van der Waals surface area (Å²) in [6.45, 7) is -0.448. The van der Waals surface area contributed by atoms with Gasteiger partial charge in [-0.2, -0.15) is 0 Å². The van der Waals surface area contributed by atoms with Gasteiger partial charge >= 0.3 is 17.9 Å². The smallest absolute Gasteiger partial charge is 0.339 e. The van der Waals surface area contributed by atoms with E-state index < -0.39 is 34.0 Å². The van der Waals surface area contributed by atoms with Crippen LogP contribution < -0.4 is 10.6 Å². The Balaban J connectivity index is 0.000000536. The van der Waals surface area contributed by atoms with E-state index in [2.05, 4.69) is 282 Å². The number of halogens is 13. The standard InChI is InChI=1S/C27H18I9NO6.C7H2ClI3O.C6H15NO3/c1-37-8-27(9-41-24(38)15-2-12(28)5-18(31)21(15)34,10-42-25(39)16-3-13(29)6-19(32)22(16)35)11-43-26(40)17-4-14(30)7-20(33)23(17)36;8-7(12)3-1-2-4(9)6(11)5(3)10;1-7-2-6(3-8,4-9)5-10/h2-7,37H,8-11H2,1H3;1-2H;7-10H,2-5H2,1H3. The lowest BCUT2D eigenvalue weighted by Gasteiger charge is -2.32. The van der Waals surface area contributed by atoms with Gasteiger partial charge in [0.15, 0.2) is 0 Å². The molecule has 0 aliphatic carbocycles. The molecule has 0 heterocycles. The summed E-state index contributed by atoms with van der Waals surface area (Å²) < 4.78 is 28.6. The van der Waals surface area contributed by atoms with Crippen molar-refractivity contribution in [1.82, 2.24) is 10.6 Å². The Kier molecular flexibility index (Phi) is 32.3. The van der Waals surface area contributed by atoms with Crippen molar-refractivity contribution in [3.8, 4) is 0 Å². The molecule has 0 fully saturated rings. The minimum atomic E-state index is -1.07. The second-order valence-corrected chi connectivity index (χ2v) is 27.6. The highest BCUT2D eigenvalue weighted by atomic mass is 127. The molecule has 0 saturated carbocycles. The Morgan fingerprint density at radius 3 is 1.08 bits per heavy atom. The van der Waals surface area contributed by atoms with Crippen molar-refractivity contribution in [1.29, 1.82) is 0 Å². The molecule has 0 amide bonds. The maximum atomic E-state index is 13.3. The van der Waals surface area contributed by atoms with Crippen molar-refractivity contribution in [2.75, 3.05) is 66.8 Å². The summed E-state index contributed by atoms with van der Waals surface area (Å²) in [5.41, 5.74) is 0.0641. The monoisotopic (exact) mass is 2260 g/mol. The minimum absolute atomic E-state index is 0.159. The maximum absolute atomic E-state index is 13.3. The molecule has 4 rings (SSSR count). The van der Waals surface area contributed by atoms with Gasteiger partial charge < -0.3 is 40.2 Å². The summed E-state index contributed by atoms with van der Waals surface area (Å²) in [6, 6.07) is 14.9. The van der Waals surface area contributed by atoms with Crippen LogP contribution in [0, 0.1) is 53.7 Å². The summed E-state index contributed by atoms with van der Waals surface area (Å²) in [7, 11) is 3.44. The number of hydrogen-bond acceptors (Lipinski definition) is 12. The molecular formula is C40H35ClI12N2O10. The molecule has 4 aromatic carbocycles. The third kappa shape index (κ3) is 20.5. The number of aliphatic hydroxyl groups is 3. The lowest BCUT2D eigenvalue weighted by molar-refractivity contribution is -0.0353. The lowest BCUT2D eigenvalue weighted by atomic mass is 9.90. The zero-order chi connectivity index (χ0) is 49.4. The Hall–Kier alpha value is 3.81. The first-order chi connectivity index (χ1) is 30.5. The second-order valence-electron chi connectivity index (χ2n) is 13.5. The molecule has 0 bridgehead atoms. The van der Waals surface area contributed by atoms with E-state index in [9.17, 15) is 19.2 Å². The molecule has 65 heavy (non-hydrogen) atoms. The van der Waals surface area contributed by atoms with Gasteiger partial charge in [0.25, 0.3) is 5.24 Å². The van der Waals surface area contributed by atoms with Crippen LogP contribution >= 0.6 is 283 Å². The number of carbonyl (C=O) groups is 4. The highest BCUT2D eigenvalue weighted by Crippen LogP contribution is 2.30. The lowest BCUT2D eigenvalue weighted by Crippen LogP contribution is -2.46. The Morgan fingerprint density at radius 2 is 0.800 bits per heavy atom. The summed E-state index contributed by atoms with van der Waals surface area (Å²) in [5.74, 6) is -1.54. The largest absolute Gasteiger partial charge is 0.461 e. The molecule has 0 unspecified atom stereocenters. The molecule has 0 atom stereocenters. The molecular weight excluding hydrogens is 2230 g/mol. The molecule has 0 aliphatic rings. The molecule has 0 saturated heterocycles. The Bertz CT molecular complexity index is 2160. The average molecular weight is 2260 g/mol. The van der Waals surface area contributed by atoms with Crippen LogP contribution in [0.2, 0.25) is 0 Å². The number of benzene rings is 4. The minimum Gasteiger partial charge on any atom is -0.461 e. The average Bonchev–Trinajstić information content (AvgIpc) is 3.26. The Labute approximate surface area is 545 Å². The van der Waals surface area contributed by atoms with Gasteiger partial charge in [-0.15, -0.1) is 0 Å². The first-order valence-electron chi connectivity index (χ1n) is 17.9. The molecule has 0 aromatic heterocycles. The van der Waals surface area contributed by atoms with E-state index in [1.165, 1.54) is 0 Å². The van der Waals surface area contributed by atoms with Crippen molar-refractivity contribution in [3.05, 3.63) is 114 Å². The molecule has 0 spiro atoms. The van der Waals surface area contributed by atoms with Crippen LogP contribution in [0.4, 0.5) is 0 Å². The number of esters is 3. The third-order valence-electron chi connectivity index (χ3n) is 8.52. The van der Waals surface area contributed by atoms with E-state index >= 15 is 0 Å². The van der Waals surface area contributed by atoms with Gasteiger partial charge in [0, 0.05) is 61.5 Å². The van der Waals surface area contributed by atoms with Crippen LogP contribution in [0.5, 0.6) is 0 Å². The van der Waals surface area contributed by atoms with Gasteiger partial charge in [0.1, 0.15) is 19.8 Å². The van der Waals surface area contributed by atoms with E-state index in [0.29, 0.717) is 28.8 Å². The molecule has 12 nitrogen and oxygen atoms in total. The summed E-state index contributed by atoms with van der Waals surface area (Å²) in [6.07, 6.45) is 0. The van der Waals surface area contributed by atoms with E-state index in [0.717, 1.165) is 42.8 Å². The molecule has 25 heteroatoms. The van der Waals surface area contributed by atoms with Gasteiger partial charge in [-0.1, -0.05) is 0 Å². The van der Waals surface area contributed by atoms with Crippen LogP contribution in [-0.2, 0) is 14.2 Å². The van der Waals surface area contributed by atoms with E-state index in [4.69, 9.17) is 41.1 Å². The van der Waals surface area contributed by atoms with Gasteiger partial charge in [-0.05, 0) is 345 Å². The first-order valence-corrected chi connectivity index (χ1v) is 31.2. The van der Waals surface area contributed by atoms with Gasteiger partial charge in [-0.3, -0.25) is 4.79 Å². The summed E-state index contributed by atoms with van der Waals surface area (Å²) in [4.78, 5) is 50.8. The first kappa shape index (κ1) is 64.9. The topological polar surface area (TPSA) is 181 Å². The third-order valence-corrected chi connectivity index (χ3v) is 24.9. The highest BCUT2D eigenvalue weighted by molar-refractivity contribution is 14.1. The molecule has 5 N–H and O–H groups in total. The van der Waals surface area contributed by atoms with Crippen molar-refractivity contribution in [2.24, 2.45) is 10.8 Å². The number of carbonyl (C=O) groups excluding carboxylic acids is 4. The zero-order valence-corrected chi connectivity index (χ0v) is 60.0. The van der Waals surface area contributed by atoms with Gasteiger partial charge in [0.2, 0.25) is 0 Å². The van der Waals surface area contributed by atoms with Crippen molar-refractivity contribution in [3.63, 3.8) is 0 Å². The van der Waals surface area contributed by atoms with Crippen LogP contribution in [0.3, 0.4) is 0 Å². The number of nitrogens with one attached hydrogen (secondary N) is 2. The highest BCUT2D eigenvalue weighted by Gasteiger charge is 2.37. The molecule has 0 aliphatic heterocycles. The summed E-state index contributed by atoms with van der Waals surface area (Å²) in [5, 5.41) is 31.7. The van der Waals surface area contributed by atoms with Gasteiger partial charge in [-0.25, -0.2) is 14.4 Å². The van der Waals surface area contributed by atoms with E-state index in [1.54, 1.807) is 38.4 Å². The molecule has 0 radical (unpaired) electrons. The van der Waals surface area contributed by atoms with Crippen LogP contribution in [-0.4, -0.2) is 105 Å². The van der Waals surface area contributed by atoms with E-state index in [1.807, 2.05) is 24.3 Å². The fraction of sp³-hybridized carbons (Fsp3) is 0.300. The SMILES string of the molecule is CNCC(CO)(CO)CO.CNCC(COC(=O)c1cc(I)cc(I)c1I)(COC(=O)c1cc(I)cc(I)c1I)COC(=O)c1cc(I)cc(I)c1I.O=C(Cl)c1ccc(I)c(I)c1I. The van der Waals surface area contributed by atoms with Crippen LogP contribution in [0.25, 0.3) is 0 Å². The van der Waals surface area contributed by atoms with Crippen molar-refractivity contribution in [2.45, 2.75) is 0 Å². The number of ether oxygens (including phenoxy) is 3. The second kappa shape index (κ2) is 32.3. The quantitative estimate of drug-likeness (QED) is 0.0169. The normalized spacial score (nSPS) is 11.2. The zero-order valence-electron chi connectivity index (χ0n) is 33.4. The number of rotatable bonds is 17. The van der Waals surface area contributed by atoms with Crippen molar-refractivity contribution < 1.29 is 48.7 Å². The predicted molar refractivity (Wildman–Crippen MR) is 353 cm³/mol. The maximum Gasteiger partial charge on any atom is 0.339 e.